The summed E-state index contributed by atoms with van der Waals surface area (Å²) >= 11 is 0. The highest BCUT2D eigenvalue weighted by molar-refractivity contribution is 6.03. The second-order valence-electron chi connectivity index (χ2n) is 8.69. The van der Waals surface area contributed by atoms with Crippen LogP contribution in [-0.2, 0) is 14.1 Å². The van der Waals surface area contributed by atoms with E-state index in [1.165, 1.54) is 0 Å². The first-order valence-corrected chi connectivity index (χ1v) is 11.3. The number of imidazole rings is 1. The summed E-state index contributed by atoms with van der Waals surface area (Å²) in [5.74, 6) is 1.35. The van der Waals surface area contributed by atoms with Crippen LogP contribution in [0.4, 0.5) is 17.5 Å². The molecule has 0 aliphatic rings. The minimum absolute atomic E-state index is 0.136. The molecule has 3 aromatic heterocycles. The topological polar surface area (TPSA) is 105 Å². The van der Waals surface area contributed by atoms with Crippen LogP contribution in [0.15, 0.2) is 59.5 Å². The van der Waals surface area contributed by atoms with Crippen LogP contribution < -0.4 is 16.3 Å². The minimum Gasteiger partial charge on any atom is -0.357 e. The van der Waals surface area contributed by atoms with Gasteiger partial charge in [0, 0.05) is 49.4 Å². The highest BCUT2D eigenvalue weighted by Gasteiger charge is 2.17. The van der Waals surface area contributed by atoms with Crippen molar-refractivity contribution in [2.75, 3.05) is 17.7 Å². The highest BCUT2D eigenvalue weighted by Crippen LogP contribution is 2.37. The Hall–Kier alpha value is -4.66. The van der Waals surface area contributed by atoms with E-state index in [9.17, 15) is 4.79 Å². The Morgan fingerprint density at radius 3 is 2.71 bits per heavy atom. The van der Waals surface area contributed by atoms with E-state index in [2.05, 4.69) is 56.8 Å². The monoisotopic (exact) mass is 464 g/mol. The number of aryl methyl sites for hydroxylation is 3. The molecule has 0 fully saturated rings. The SMILES string of the molecule is CNc1ncc2cc(-c3c(C)ccc4c(Nc5ccc6c(c5)[nH]c(=O)n6C)nn(C)c34)ccc2n1. The molecule has 6 aromatic rings. The number of nitrogens with zero attached hydrogens (tertiary/aromatic N) is 5. The van der Waals surface area contributed by atoms with Gasteiger partial charge in [-0.05, 0) is 54.4 Å². The van der Waals surface area contributed by atoms with E-state index in [1.807, 2.05) is 49.2 Å². The second-order valence-corrected chi connectivity index (χ2v) is 8.69. The van der Waals surface area contributed by atoms with Gasteiger partial charge < -0.3 is 15.6 Å². The van der Waals surface area contributed by atoms with E-state index in [1.54, 1.807) is 11.6 Å². The highest BCUT2D eigenvalue weighted by atomic mass is 16.1. The third-order valence-electron chi connectivity index (χ3n) is 6.47. The van der Waals surface area contributed by atoms with Gasteiger partial charge in [0.2, 0.25) is 5.95 Å². The number of nitrogens with one attached hydrogen (secondary N) is 3. The molecule has 0 radical (unpaired) electrons. The van der Waals surface area contributed by atoms with Crippen molar-refractivity contribution in [1.29, 1.82) is 0 Å². The molecule has 0 aliphatic heterocycles. The molecular weight excluding hydrogens is 440 g/mol. The number of aromatic nitrogens is 6. The second kappa shape index (κ2) is 7.69. The van der Waals surface area contributed by atoms with Crippen molar-refractivity contribution in [3.05, 3.63) is 70.8 Å². The van der Waals surface area contributed by atoms with Crippen LogP contribution in [-0.4, -0.2) is 36.3 Å². The zero-order chi connectivity index (χ0) is 24.3. The number of fused-ring (bicyclic) bond motifs is 3. The number of H-pyrrole nitrogens is 1. The maximum atomic E-state index is 12.0. The summed E-state index contributed by atoms with van der Waals surface area (Å²) in [6.45, 7) is 2.11. The number of hydrogen-bond donors (Lipinski definition) is 3. The van der Waals surface area contributed by atoms with Gasteiger partial charge in [-0.25, -0.2) is 14.8 Å². The lowest BCUT2D eigenvalue weighted by molar-refractivity contribution is 0.801. The van der Waals surface area contributed by atoms with Crippen LogP contribution in [0, 0.1) is 6.92 Å². The molecule has 0 spiro atoms. The van der Waals surface area contributed by atoms with Crippen LogP contribution in [0.25, 0.3) is 44.0 Å². The number of hydrogen-bond acceptors (Lipinski definition) is 6. The molecule has 3 N–H and O–H groups in total. The van der Waals surface area contributed by atoms with Crippen LogP contribution >= 0.6 is 0 Å². The van der Waals surface area contributed by atoms with Crippen LogP contribution in [0.1, 0.15) is 5.56 Å². The summed E-state index contributed by atoms with van der Waals surface area (Å²) in [5.41, 5.74) is 7.63. The lowest BCUT2D eigenvalue weighted by atomic mass is 9.96. The molecular formula is C26H24N8O. The summed E-state index contributed by atoms with van der Waals surface area (Å²) in [6, 6.07) is 16.3. The zero-order valence-corrected chi connectivity index (χ0v) is 19.8. The van der Waals surface area contributed by atoms with Crippen LogP contribution in [0.3, 0.4) is 0 Å². The van der Waals surface area contributed by atoms with Crippen molar-refractivity contribution in [2.24, 2.45) is 14.1 Å². The standard InChI is InChI=1S/C26H24N8O/c1-14-5-8-18-23(22(14)15-6-9-19-16(11-15)13-28-25(27-2)30-19)34(4)32-24(18)29-17-7-10-21-20(12-17)31-26(35)33(21)3/h5-13H,1-4H3,(H,29,32)(H,31,35)(H,27,28,30). The van der Waals surface area contributed by atoms with Crippen molar-refractivity contribution in [2.45, 2.75) is 6.92 Å². The van der Waals surface area contributed by atoms with Gasteiger partial charge in [0.1, 0.15) is 0 Å². The van der Waals surface area contributed by atoms with Gasteiger partial charge >= 0.3 is 5.69 Å². The van der Waals surface area contributed by atoms with E-state index < -0.39 is 0 Å². The molecule has 9 heteroatoms. The zero-order valence-electron chi connectivity index (χ0n) is 19.8. The smallest absolute Gasteiger partial charge is 0.326 e. The van der Waals surface area contributed by atoms with Crippen LogP contribution in [0.2, 0.25) is 0 Å². The van der Waals surface area contributed by atoms with Gasteiger partial charge in [0.25, 0.3) is 0 Å². The fourth-order valence-electron chi connectivity index (χ4n) is 4.69. The van der Waals surface area contributed by atoms with Gasteiger partial charge in [0.15, 0.2) is 5.82 Å². The first-order valence-electron chi connectivity index (χ1n) is 11.3. The van der Waals surface area contributed by atoms with E-state index in [4.69, 9.17) is 5.10 Å². The molecule has 3 heterocycles. The fraction of sp³-hybridized carbons (Fsp3) is 0.154. The summed E-state index contributed by atoms with van der Waals surface area (Å²) in [5, 5.41) is 13.2. The summed E-state index contributed by atoms with van der Waals surface area (Å²) in [7, 11) is 5.52. The molecule has 9 nitrogen and oxygen atoms in total. The lowest BCUT2D eigenvalue weighted by Gasteiger charge is -2.11. The van der Waals surface area contributed by atoms with Crippen molar-refractivity contribution >= 4 is 50.3 Å². The minimum atomic E-state index is -0.136. The first-order chi connectivity index (χ1) is 16.9. The van der Waals surface area contributed by atoms with E-state index >= 15 is 0 Å². The largest absolute Gasteiger partial charge is 0.357 e. The third-order valence-corrected chi connectivity index (χ3v) is 6.47. The normalized spacial score (nSPS) is 11.5. The average Bonchev–Trinajstić information content (AvgIpc) is 3.32. The molecule has 0 bridgehead atoms. The molecule has 0 unspecified atom stereocenters. The number of aromatic amines is 1. The summed E-state index contributed by atoms with van der Waals surface area (Å²) in [6.07, 6.45) is 1.84. The van der Waals surface area contributed by atoms with E-state index in [0.717, 1.165) is 61.0 Å². The Labute approximate surface area is 200 Å². The average molecular weight is 465 g/mol. The summed E-state index contributed by atoms with van der Waals surface area (Å²) in [4.78, 5) is 23.8. The number of rotatable bonds is 4. The van der Waals surface area contributed by atoms with Gasteiger partial charge in [0.05, 0.1) is 22.1 Å². The predicted octanol–water partition coefficient (Wildman–Crippen LogP) is 4.46. The molecule has 6 rings (SSSR count). The number of anilines is 3. The first kappa shape index (κ1) is 20.9. The van der Waals surface area contributed by atoms with Crippen molar-refractivity contribution < 1.29 is 0 Å². The molecule has 0 saturated heterocycles. The Bertz CT molecular complexity index is 1830. The Morgan fingerprint density at radius 1 is 1.03 bits per heavy atom. The van der Waals surface area contributed by atoms with Gasteiger partial charge in [-0.15, -0.1) is 0 Å². The molecule has 0 amide bonds. The third kappa shape index (κ3) is 3.31. The van der Waals surface area contributed by atoms with Crippen molar-refractivity contribution in [3.63, 3.8) is 0 Å². The Balaban J connectivity index is 1.47. The molecule has 0 saturated carbocycles. The van der Waals surface area contributed by atoms with E-state index in [-0.39, 0.29) is 5.69 Å². The predicted molar refractivity (Wildman–Crippen MR) is 140 cm³/mol. The maximum Gasteiger partial charge on any atom is 0.326 e. The maximum absolute atomic E-state index is 12.0. The van der Waals surface area contributed by atoms with Gasteiger partial charge in [-0.2, -0.15) is 5.10 Å². The van der Waals surface area contributed by atoms with E-state index in [0.29, 0.717) is 5.95 Å². The Kier molecular flexibility index (Phi) is 4.60. The quantitative estimate of drug-likeness (QED) is 0.356. The van der Waals surface area contributed by atoms with Gasteiger partial charge in [-0.1, -0.05) is 12.1 Å². The molecule has 0 atom stereocenters. The van der Waals surface area contributed by atoms with Crippen molar-refractivity contribution in [1.82, 2.24) is 29.3 Å². The summed E-state index contributed by atoms with van der Waals surface area (Å²) < 4.78 is 3.51. The Morgan fingerprint density at radius 2 is 1.89 bits per heavy atom. The molecule has 174 valence electrons. The lowest BCUT2D eigenvalue weighted by Crippen LogP contribution is -2.11. The molecule has 0 aliphatic carbocycles. The fourth-order valence-corrected chi connectivity index (χ4v) is 4.69. The molecule has 3 aromatic carbocycles. The van der Waals surface area contributed by atoms with Crippen molar-refractivity contribution in [3.8, 4) is 11.1 Å². The number of benzene rings is 3. The van der Waals surface area contributed by atoms with Crippen LogP contribution in [0.5, 0.6) is 0 Å². The molecule has 35 heavy (non-hydrogen) atoms. The van der Waals surface area contributed by atoms with Gasteiger partial charge in [-0.3, -0.25) is 9.25 Å².